The summed E-state index contributed by atoms with van der Waals surface area (Å²) in [6.07, 6.45) is 3.42. The molecule has 6 heteroatoms. The maximum absolute atomic E-state index is 12.3. The van der Waals surface area contributed by atoms with Crippen molar-refractivity contribution in [1.82, 2.24) is 14.5 Å². The van der Waals surface area contributed by atoms with E-state index in [1.807, 2.05) is 19.2 Å². The molecule has 0 radical (unpaired) electrons. The first kappa shape index (κ1) is 12.6. The molecule has 0 fully saturated rings. The first-order chi connectivity index (χ1) is 8.58. The van der Waals surface area contributed by atoms with Gasteiger partial charge in [0.25, 0.3) is 5.56 Å². The molecule has 0 saturated carbocycles. The lowest BCUT2D eigenvalue weighted by Crippen LogP contribution is -2.23. The van der Waals surface area contributed by atoms with Crippen molar-refractivity contribution in [3.63, 3.8) is 0 Å². The van der Waals surface area contributed by atoms with Crippen LogP contribution in [0.15, 0.2) is 17.2 Å². The highest BCUT2D eigenvalue weighted by Crippen LogP contribution is 2.18. The molecule has 0 aliphatic rings. The summed E-state index contributed by atoms with van der Waals surface area (Å²) >= 11 is 1.56. The van der Waals surface area contributed by atoms with E-state index in [0.717, 1.165) is 5.56 Å². The van der Waals surface area contributed by atoms with Gasteiger partial charge in [0.1, 0.15) is 18.1 Å². The molecule has 0 saturated heterocycles. The van der Waals surface area contributed by atoms with Gasteiger partial charge in [-0.15, -0.1) is 11.8 Å². The number of nitrogens with zero attached hydrogens (tertiary/aromatic N) is 4. The molecule has 2 aromatic rings. The molecule has 1 unspecified atom stereocenters. The molecule has 18 heavy (non-hydrogen) atoms. The first-order valence-corrected chi connectivity index (χ1v) is 6.68. The molecular formula is C12H12N4OS. The lowest BCUT2D eigenvalue weighted by atomic mass is 10.2. The molecule has 0 N–H and O–H groups in total. The van der Waals surface area contributed by atoms with E-state index in [1.54, 1.807) is 29.3 Å². The Morgan fingerprint density at radius 2 is 2.28 bits per heavy atom. The smallest absolute Gasteiger partial charge is 0.264 e. The lowest BCUT2D eigenvalue weighted by molar-refractivity contribution is 0.697. The highest BCUT2D eigenvalue weighted by Gasteiger charge is 2.12. The van der Waals surface area contributed by atoms with Crippen molar-refractivity contribution in [2.24, 2.45) is 0 Å². The quantitative estimate of drug-likeness (QED) is 0.824. The van der Waals surface area contributed by atoms with Gasteiger partial charge < -0.3 is 0 Å². The molecule has 5 nitrogen and oxygen atoms in total. The Bertz CT molecular complexity index is 702. The molecule has 0 spiro atoms. The van der Waals surface area contributed by atoms with Crippen LogP contribution in [0.1, 0.15) is 23.6 Å². The summed E-state index contributed by atoms with van der Waals surface area (Å²) in [5.41, 5.74) is 1.23. The van der Waals surface area contributed by atoms with E-state index in [9.17, 15) is 4.79 Å². The minimum Gasteiger partial charge on any atom is -0.286 e. The van der Waals surface area contributed by atoms with Crippen molar-refractivity contribution in [3.8, 4) is 6.07 Å². The van der Waals surface area contributed by atoms with Crippen LogP contribution < -0.4 is 5.56 Å². The van der Waals surface area contributed by atoms with E-state index in [-0.39, 0.29) is 16.6 Å². The zero-order valence-corrected chi connectivity index (χ0v) is 11.2. The van der Waals surface area contributed by atoms with Crippen LogP contribution in [0, 0.1) is 18.3 Å². The van der Waals surface area contributed by atoms with Crippen molar-refractivity contribution in [3.05, 3.63) is 34.0 Å². The van der Waals surface area contributed by atoms with Gasteiger partial charge in [0.15, 0.2) is 5.65 Å². The Hall–Kier alpha value is -1.87. The highest BCUT2D eigenvalue weighted by molar-refractivity contribution is 7.98. The van der Waals surface area contributed by atoms with Crippen LogP contribution in [0.3, 0.4) is 0 Å². The van der Waals surface area contributed by atoms with Crippen molar-refractivity contribution >= 4 is 22.8 Å². The second-order valence-electron chi connectivity index (χ2n) is 3.93. The van der Waals surface area contributed by atoms with Crippen molar-refractivity contribution < 1.29 is 0 Å². The fraction of sp³-hybridized carbons (Fsp3) is 0.333. The summed E-state index contributed by atoms with van der Waals surface area (Å²) in [5.74, 6) is 0. The van der Waals surface area contributed by atoms with Crippen LogP contribution in [-0.2, 0) is 0 Å². The fourth-order valence-corrected chi connectivity index (χ4v) is 2.12. The summed E-state index contributed by atoms with van der Waals surface area (Å²) in [5, 5.41) is 9.35. The van der Waals surface area contributed by atoms with Crippen LogP contribution in [0.2, 0.25) is 0 Å². The van der Waals surface area contributed by atoms with Gasteiger partial charge in [-0.2, -0.15) is 5.26 Å². The van der Waals surface area contributed by atoms with Gasteiger partial charge in [-0.1, -0.05) is 0 Å². The van der Waals surface area contributed by atoms with E-state index >= 15 is 0 Å². The van der Waals surface area contributed by atoms with E-state index in [2.05, 4.69) is 9.97 Å². The van der Waals surface area contributed by atoms with Gasteiger partial charge in [-0.25, -0.2) is 9.97 Å². The Labute approximate surface area is 108 Å². The Morgan fingerprint density at radius 1 is 1.56 bits per heavy atom. The number of hydrogen-bond acceptors (Lipinski definition) is 5. The van der Waals surface area contributed by atoms with Gasteiger partial charge in [0.2, 0.25) is 0 Å². The Balaban J connectivity index is 2.81. The van der Waals surface area contributed by atoms with Crippen molar-refractivity contribution in [2.45, 2.75) is 19.2 Å². The molecule has 0 aliphatic heterocycles. The summed E-state index contributed by atoms with van der Waals surface area (Å²) in [4.78, 5) is 20.6. The molecule has 1 atom stereocenters. The van der Waals surface area contributed by atoms with E-state index in [1.165, 1.54) is 6.33 Å². The average molecular weight is 260 g/mol. The Morgan fingerprint density at radius 3 is 2.89 bits per heavy atom. The third-order valence-corrected chi connectivity index (χ3v) is 3.71. The third kappa shape index (κ3) is 1.97. The predicted molar refractivity (Wildman–Crippen MR) is 71.5 cm³/mol. The second kappa shape index (κ2) is 4.78. The second-order valence-corrected chi connectivity index (χ2v) is 5.08. The van der Waals surface area contributed by atoms with Crippen LogP contribution >= 0.6 is 11.8 Å². The lowest BCUT2D eigenvalue weighted by Gasteiger charge is -2.12. The number of aryl methyl sites for hydroxylation is 1. The van der Waals surface area contributed by atoms with Gasteiger partial charge in [0.05, 0.1) is 10.8 Å². The van der Waals surface area contributed by atoms with E-state index in [0.29, 0.717) is 11.0 Å². The third-order valence-electron chi connectivity index (χ3n) is 2.80. The van der Waals surface area contributed by atoms with E-state index < -0.39 is 0 Å². The van der Waals surface area contributed by atoms with Gasteiger partial charge in [-0.05, 0) is 31.7 Å². The molecule has 0 aliphatic carbocycles. The number of aromatic nitrogens is 3. The Kier molecular flexibility index (Phi) is 3.34. The SMILES string of the molecule is CSC(C)n1cnc2nc(C#N)cc(C)c2c1=O. The molecule has 0 aromatic carbocycles. The predicted octanol–water partition coefficient (Wildman–Crippen LogP) is 1.85. The minimum atomic E-state index is -0.115. The number of pyridine rings is 1. The topological polar surface area (TPSA) is 71.6 Å². The summed E-state index contributed by atoms with van der Waals surface area (Å²) in [6.45, 7) is 3.73. The average Bonchev–Trinajstić information content (AvgIpc) is 2.37. The summed E-state index contributed by atoms with van der Waals surface area (Å²) < 4.78 is 1.58. The number of fused-ring (bicyclic) bond motifs is 1. The number of rotatable bonds is 2. The van der Waals surface area contributed by atoms with Crippen LogP contribution in [-0.4, -0.2) is 20.8 Å². The maximum atomic E-state index is 12.3. The van der Waals surface area contributed by atoms with Crippen molar-refractivity contribution in [2.75, 3.05) is 6.26 Å². The zero-order valence-electron chi connectivity index (χ0n) is 10.3. The molecule has 2 heterocycles. The summed E-state index contributed by atoms with van der Waals surface area (Å²) in [7, 11) is 0. The van der Waals surface area contributed by atoms with E-state index in [4.69, 9.17) is 5.26 Å². The number of nitriles is 1. The van der Waals surface area contributed by atoms with Gasteiger partial charge in [0, 0.05) is 0 Å². The zero-order chi connectivity index (χ0) is 13.3. The summed E-state index contributed by atoms with van der Waals surface area (Å²) in [6, 6.07) is 3.57. The first-order valence-electron chi connectivity index (χ1n) is 5.40. The van der Waals surface area contributed by atoms with Crippen LogP contribution in [0.4, 0.5) is 0 Å². The molecule has 0 amide bonds. The number of thioether (sulfide) groups is 1. The van der Waals surface area contributed by atoms with Gasteiger partial charge in [-0.3, -0.25) is 9.36 Å². The molecule has 2 aromatic heterocycles. The highest BCUT2D eigenvalue weighted by atomic mass is 32.2. The monoisotopic (exact) mass is 260 g/mol. The maximum Gasteiger partial charge on any atom is 0.264 e. The minimum absolute atomic E-state index is 0.0180. The van der Waals surface area contributed by atoms with Crippen LogP contribution in [0.5, 0.6) is 0 Å². The molecular weight excluding hydrogens is 248 g/mol. The molecule has 92 valence electrons. The largest absolute Gasteiger partial charge is 0.286 e. The fourth-order valence-electron chi connectivity index (χ4n) is 1.74. The standard InChI is InChI=1S/C12H12N4OS/c1-7-4-9(5-13)15-11-10(7)12(17)16(6-14-11)8(2)18-3/h4,6,8H,1-3H3. The van der Waals surface area contributed by atoms with Gasteiger partial charge >= 0.3 is 0 Å². The van der Waals surface area contributed by atoms with Crippen molar-refractivity contribution in [1.29, 1.82) is 5.26 Å². The molecule has 2 rings (SSSR count). The molecule has 0 bridgehead atoms. The number of hydrogen-bond donors (Lipinski definition) is 0. The normalized spacial score (nSPS) is 12.3. The van der Waals surface area contributed by atoms with Crippen LogP contribution in [0.25, 0.3) is 11.0 Å².